The Bertz CT molecular complexity index is 3830. The summed E-state index contributed by atoms with van der Waals surface area (Å²) in [6.45, 7) is 0. The van der Waals surface area contributed by atoms with E-state index in [0.29, 0.717) is 70.3 Å². The van der Waals surface area contributed by atoms with Crippen LogP contribution in [0.3, 0.4) is 0 Å². The van der Waals surface area contributed by atoms with Crippen LogP contribution in [-0.2, 0) is 0 Å². The molecule has 4 heteroatoms. The first-order chi connectivity index (χ1) is 51.3. The molecule has 16 rings (SSSR count). The van der Waals surface area contributed by atoms with Gasteiger partial charge in [-0.2, -0.15) is 0 Å². The van der Waals surface area contributed by atoms with Crippen LogP contribution >= 0.6 is 0 Å². The van der Waals surface area contributed by atoms with Crippen LogP contribution < -0.4 is 0 Å². The quantitative estimate of drug-likeness (QED) is 0.0919. The standard InChI is InChI=1S/C28H38O.C26H34O.C24H30O.C22H26O/c29-28-26(23-16-10-5-2-6-11-17-23)20-25(22-14-8-3-1-4-9-15-22)21-27(28)24-18-12-7-13-19-24;27-26-24(21-14-8-3-4-9-15-21)18-23(20-12-6-1-2-7-13-20)19-25(26)22-16-10-5-11-17-22;25-24-22(19-12-6-2-7-13-19)16-21(18-10-4-1-5-11-18)17-23(24)20-14-8-3-9-15-20;23-22-20(17-10-2-1-3-11-17)14-19(16-8-4-5-9-16)15-21(22)18-12-6-7-13-18/h7,12-13,18-23,29H,1-6,8-11,14-17H2;5,10-11,16-21,27H,1-4,6-9,12-15H2;2,6-7,12-13,16-18,20,25H,1,3-5,8-11,14-15H2;1-3,10-11,14-16,18,23H,4-9,12-13H2. The van der Waals surface area contributed by atoms with Crippen LogP contribution in [0.2, 0.25) is 0 Å². The van der Waals surface area contributed by atoms with Crippen molar-refractivity contribution in [2.75, 3.05) is 0 Å². The lowest BCUT2D eigenvalue weighted by molar-refractivity contribution is 0.411. The number of aromatic hydroxyl groups is 4. The van der Waals surface area contributed by atoms with Gasteiger partial charge in [-0.1, -0.05) is 325 Å². The lowest BCUT2D eigenvalue weighted by Gasteiger charge is -2.28. The van der Waals surface area contributed by atoms with Crippen molar-refractivity contribution < 1.29 is 20.4 Å². The highest BCUT2D eigenvalue weighted by Crippen LogP contribution is 2.51. The van der Waals surface area contributed by atoms with Crippen molar-refractivity contribution in [2.45, 2.75) is 330 Å². The Morgan fingerprint density at radius 3 is 0.490 bits per heavy atom. The molecule has 0 heterocycles. The molecule has 552 valence electrons. The number of phenols is 4. The molecule has 0 aromatic heterocycles. The first kappa shape index (κ1) is 75.2. The van der Waals surface area contributed by atoms with Gasteiger partial charge in [0.2, 0.25) is 0 Å². The summed E-state index contributed by atoms with van der Waals surface area (Å²) < 4.78 is 0. The third kappa shape index (κ3) is 20.0. The Balaban J connectivity index is 0.000000124. The van der Waals surface area contributed by atoms with Crippen molar-refractivity contribution in [3.63, 3.8) is 0 Å². The van der Waals surface area contributed by atoms with Gasteiger partial charge >= 0.3 is 0 Å². The van der Waals surface area contributed by atoms with Crippen molar-refractivity contribution in [2.24, 2.45) is 0 Å². The third-order valence-corrected chi connectivity index (χ3v) is 26.5. The largest absolute Gasteiger partial charge is 0.507 e. The second-order valence-corrected chi connectivity index (χ2v) is 33.6. The smallest absolute Gasteiger partial charge is 0.126 e. The summed E-state index contributed by atoms with van der Waals surface area (Å²) in [6, 6.07) is 60.6. The number of benzene rings is 8. The van der Waals surface area contributed by atoms with Crippen molar-refractivity contribution in [3.05, 3.63) is 214 Å². The SMILES string of the molecule is Oc1c(-c2ccccc2)cc(C2CCCC2)cc1C1CCCC1.Oc1c(-c2ccccc2)cc(C2CCCCC2)cc1C1CCCCC1.Oc1c(-c2ccccc2)cc(C2CCCCCC2)cc1C1CCCCCC1.Oc1c(-c2ccccc2)cc(C2CCCCCCC2)cc1C1CCCCCCC1. The van der Waals surface area contributed by atoms with Gasteiger partial charge in [0.1, 0.15) is 23.0 Å². The zero-order valence-corrected chi connectivity index (χ0v) is 63.7. The zero-order valence-electron chi connectivity index (χ0n) is 63.7. The van der Waals surface area contributed by atoms with E-state index in [1.807, 2.05) is 12.1 Å². The Morgan fingerprint density at radius 2 is 0.308 bits per heavy atom. The van der Waals surface area contributed by atoms with E-state index in [9.17, 15) is 20.4 Å². The van der Waals surface area contributed by atoms with Gasteiger partial charge < -0.3 is 20.4 Å². The van der Waals surface area contributed by atoms with E-state index in [4.69, 9.17) is 0 Å². The normalized spacial score (nSPS) is 20.0. The van der Waals surface area contributed by atoms with Crippen LogP contribution in [0, 0.1) is 0 Å². The average molecular weight is 1390 g/mol. The van der Waals surface area contributed by atoms with Gasteiger partial charge in [0, 0.05) is 22.3 Å². The monoisotopic (exact) mass is 1390 g/mol. The minimum atomic E-state index is 0.520. The molecule has 0 aliphatic heterocycles. The van der Waals surface area contributed by atoms with Crippen molar-refractivity contribution in [1.82, 2.24) is 0 Å². The highest BCUT2D eigenvalue weighted by Gasteiger charge is 2.30. The molecule has 0 atom stereocenters. The first-order valence-corrected chi connectivity index (χ1v) is 43.0. The maximum Gasteiger partial charge on any atom is 0.126 e. The summed E-state index contributed by atoms with van der Waals surface area (Å²) in [5.74, 6) is 7.01. The van der Waals surface area contributed by atoms with Gasteiger partial charge in [-0.15, -0.1) is 0 Å². The average Bonchev–Trinajstić information content (AvgIpc) is 1.24. The van der Waals surface area contributed by atoms with E-state index in [1.165, 1.54) is 327 Å². The van der Waals surface area contributed by atoms with Crippen LogP contribution in [0.25, 0.3) is 44.5 Å². The highest BCUT2D eigenvalue weighted by molar-refractivity contribution is 5.77. The molecule has 0 spiro atoms. The first-order valence-electron chi connectivity index (χ1n) is 43.0. The van der Waals surface area contributed by atoms with Gasteiger partial charge in [-0.25, -0.2) is 0 Å². The lowest BCUT2D eigenvalue weighted by atomic mass is 9.78. The molecule has 8 aliphatic carbocycles. The maximum absolute atomic E-state index is 11.4. The fourth-order valence-corrected chi connectivity index (χ4v) is 20.4. The summed E-state index contributed by atoms with van der Waals surface area (Å²) >= 11 is 0. The van der Waals surface area contributed by atoms with Gasteiger partial charge in [-0.05, 0) is 241 Å². The molecule has 8 aromatic rings. The molecule has 0 unspecified atom stereocenters. The molecule has 8 aromatic carbocycles. The molecule has 104 heavy (non-hydrogen) atoms. The number of hydrogen-bond acceptors (Lipinski definition) is 4. The van der Waals surface area contributed by atoms with E-state index in [-0.39, 0.29) is 0 Å². The Morgan fingerprint density at radius 1 is 0.163 bits per heavy atom. The van der Waals surface area contributed by atoms with Crippen LogP contribution in [0.1, 0.15) is 374 Å². The third-order valence-electron chi connectivity index (χ3n) is 26.5. The summed E-state index contributed by atoms with van der Waals surface area (Å²) in [7, 11) is 0. The topological polar surface area (TPSA) is 80.9 Å². The van der Waals surface area contributed by atoms with Crippen molar-refractivity contribution in [3.8, 4) is 67.5 Å². The molecular weight excluding hydrogens is 1270 g/mol. The minimum absolute atomic E-state index is 0.520. The summed E-state index contributed by atoms with van der Waals surface area (Å²) in [6.07, 6.45) is 58.1. The fraction of sp³-hybridized carbons (Fsp3) is 0.520. The van der Waals surface area contributed by atoms with Gasteiger partial charge in [0.25, 0.3) is 0 Å². The van der Waals surface area contributed by atoms with Crippen LogP contribution in [-0.4, -0.2) is 20.4 Å². The number of phenolic OH excluding ortho intramolecular Hbond substituents is 4. The Hall–Kier alpha value is -7.04. The van der Waals surface area contributed by atoms with Gasteiger partial charge in [0.15, 0.2) is 0 Å². The van der Waals surface area contributed by atoms with E-state index < -0.39 is 0 Å². The van der Waals surface area contributed by atoms with Gasteiger partial charge in [-0.3, -0.25) is 0 Å². The second-order valence-electron chi connectivity index (χ2n) is 33.6. The van der Waals surface area contributed by atoms with E-state index in [0.717, 1.165) is 44.5 Å². The fourth-order valence-electron chi connectivity index (χ4n) is 20.4. The molecule has 0 bridgehead atoms. The molecule has 0 saturated heterocycles. The minimum Gasteiger partial charge on any atom is -0.507 e. The number of rotatable bonds is 12. The highest BCUT2D eigenvalue weighted by atomic mass is 16.3. The van der Waals surface area contributed by atoms with Crippen LogP contribution in [0.4, 0.5) is 0 Å². The van der Waals surface area contributed by atoms with Crippen molar-refractivity contribution >= 4 is 0 Å². The van der Waals surface area contributed by atoms with Crippen LogP contribution in [0.15, 0.2) is 170 Å². The molecular formula is C100H128O4. The maximum atomic E-state index is 11.4. The lowest BCUT2D eigenvalue weighted by Crippen LogP contribution is -2.09. The number of hydrogen-bond donors (Lipinski definition) is 4. The predicted molar refractivity (Wildman–Crippen MR) is 439 cm³/mol. The van der Waals surface area contributed by atoms with Gasteiger partial charge in [0.05, 0.1) is 0 Å². The zero-order chi connectivity index (χ0) is 71.1. The van der Waals surface area contributed by atoms with E-state index >= 15 is 0 Å². The van der Waals surface area contributed by atoms with Crippen molar-refractivity contribution in [1.29, 1.82) is 0 Å². The second kappa shape index (κ2) is 39.0. The molecule has 8 saturated carbocycles. The summed E-state index contributed by atoms with van der Waals surface area (Å²) in [4.78, 5) is 0. The Labute approximate surface area is 628 Å². The molecule has 4 N–H and O–H groups in total. The molecule has 8 fully saturated rings. The van der Waals surface area contributed by atoms with E-state index in [1.54, 1.807) is 0 Å². The molecule has 8 aliphatic rings. The molecule has 4 nitrogen and oxygen atoms in total. The Kier molecular flexibility index (Phi) is 28.2. The van der Waals surface area contributed by atoms with E-state index in [2.05, 4.69) is 158 Å². The predicted octanol–water partition coefficient (Wildman–Crippen LogP) is 30.2. The summed E-state index contributed by atoms with van der Waals surface area (Å²) in [5, 5.41) is 44.7. The summed E-state index contributed by atoms with van der Waals surface area (Å²) in [5.41, 5.74) is 19.6. The molecule has 0 amide bonds. The molecule has 0 radical (unpaired) electrons. The van der Waals surface area contributed by atoms with Crippen LogP contribution in [0.5, 0.6) is 23.0 Å².